The van der Waals surface area contributed by atoms with Gasteiger partial charge in [0.15, 0.2) is 0 Å². The van der Waals surface area contributed by atoms with Crippen molar-refractivity contribution in [1.82, 2.24) is 24.6 Å². The summed E-state index contributed by atoms with van der Waals surface area (Å²) in [5.41, 5.74) is -1.97. The summed E-state index contributed by atoms with van der Waals surface area (Å²) in [6.07, 6.45) is 5.26. The van der Waals surface area contributed by atoms with E-state index in [2.05, 4.69) is 10.4 Å². The average molecular weight is 536 g/mol. The topological polar surface area (TPSA) is 139 Å². The summed E-state index contributed by atoms with van der Waals surface area (Å²) in [5.74, 6) is -0.480. The molecule has 1 amide bonds. The smallest absolute Gasteiger partial charge is 0.352 e. The number of morpholine rings is 1. The second-order valence-corrected chi connectivity index (χ2v) is 10.2. The van der Waals surface area contributed by atoms with Crippen LogP contribution in [0.1, 0.15) is 48.9 Å². The van der Waals surface area contributed by atoms with Gasteiger partial charge >= 0.3 is 5.69 Å². The molecule has 1 saturated carbocycles. The Labute approximate surface area is 219 Å². The van der Waals surface area contributed by atoms with Crippen molar-refractivity contribution in [3.8, 4) is 5.69 Å². The van der Waals surface area contributed by atoms with E-state index in [1.54, 1.807) is 0 Å². The number of hydrogen-bond donors (Lipinski definition) is 3. The third-order valence-electron chi connectivity index (χ3n) is 6.98. The van der Waals surface area contributed by atoms with E-state index in [4.69, 9.17) is 16.3 Å². The Morgan fingerprint density at radius 3 is 2.54 bits per heavy atom. The zero-order valence-electron chi connectivity index (χ0n) is 20.8. The largest absolute Gasteiger partial charge is 0.390 e. The Hall–Kier alpha value is -2.57. The second-order valence-electron chi connectivity index (χ2n) is 9.84. The third-order valence-corrected chi connectivity index (χ3v) is 7.31. The number of halogens is 1. The van der Waals surface area contributed by atoms with Gasteiger partial charge in [0.05, 0.1) is 47.7 Å². The van der Waals surface area contributed by atoms with E-state index in [0.29, 0.717) is 45.7 Å². The maximum atomic E-state index is 13.1. The van der Waals surface area contributed by atoms with Crippen LogP contribution in [0.2, 0.25) is 5.02 Å². The zero-order chi connectivity index (χ0) is 26.4. The number of aliphatic hydroxyl groups is 2. The Morgan fingerprint density at radius 1 is 1.14 bits per heavy atom. The number of rotatable bonds is 8. The third kappa shape index (κ3) is 7.05. The Bertz CT molecular complexity index is 1200. The minimum atomic E-state index is -0.952. The number of benzene rings is 1. The summed E-state index contributed by atoms with van der Waals surface area (Å²) in [7, 11) is 0. The van der Waals surface area contributed by atoms with E-state index in [-0.39, 0.29) is 29.4 Å². The van der Waals surface area contributed by atoms with Gasteiger partial charge in [0, 0.05) is 26.2 Å². The van der Waals surface area contributed by atoms with Crippen molar-refractivity contribution in [2.45, 2.75) is 56.8 Å². The number of amides is 1. The SMILES string of the molecule is O=C(NCC1(O)CCCCCC1)c1cc(-n2ncc(=O)n(CC(O)CN3CCOCC3)c2=O)ccc1Cl. The lowest BCUT2D eigenvalue weighted by Gasteiger charge is -2.28. The zero-order valence-corrected chi connectivity index (χ0v) is 21.5. The lowest BCUT2D eigenvalue weighted by molar-refractivity contribution is 0.0110. The predicted octanol–water partition coefficient (Wildman–Crippen LogP) is 0.556. The van der Waals surface area contributed by atoms with Crippen molar-refractivity contribution in [3.63, 3.8) is 0 Å². The molecular formula is C25H34ClN5O6. The van der Waals surface area contributed by atoms with Crippen molar-refractivity contribution >= 4 is 17.5 Å². The minimum absolute atomic E-state index is 0.108. The molecule has 4 rings (SSSR count). The highest BCUT2D eigenvalue weighted by atomic mass is 35.5. The summed E-state index contributed by atoms with van der Waals surface area (Å²) < 4.78 is 7.22. The van der Waals surface area contributed by atoms with Crippen LogP contribution in [0.5, 0.6) is 0 Å². The number of β-amino-alcohol motifs (C(OH)–C–C–N with tert-alkyl or cyclic N) is 1. The van der Waals surface area contributed by atoms with Crippen LogP contribution >= 0.6 is 11.6 Å². The normalized spacial score (nSPS) is 19.2. The van der Waals surface area contributed by atoms with Crippen molar-refractivity contribution in [2.75, 3.05) is 39.4 Å². The fourth-order valence-corrected chi connectivity index (χ4v) is 5.06. The van der Waals surface area contributed by atoms with Gasteiger partial charge in [-0.3, -0.25) is 19.1 Å². The number of carbonyl (C=O) groups is 1. The molecule has 11 nitrogen and oxygen atoms in total. The van der Waals surface area contributed by atoms with Crippen LogP contribution < -0.4 is 16.6 Å². The van der Waals surface area contributed by atoms with Gasteiger partial charge < -0.3 is 20.3 Å². The quantitative estimate of drug-likeness (QED) is 0.417. The number of hydrogen-bond acceptors (Lipinski definition) is 8. The van der Waals surface area contributed by atoms with Crippen molar-refractivity contribution in [1.29, 1.82) is 0 Å². The highest BCUT2D eigenvalue weighted by Crippen LogP contribution is 2.27. The first kappa shape index (κ1) is 27.5. The molecule has 0 radical (unpaired) electrons. The molecule has 1 aliphatic carbocycles. The molecule has 2 aliphatic rings. The molecule has 1 aromatic heterocycles. The van der Waals surface area contributed by atoms with Crippen molar-refractivity contribution < 1.29 is 19.7 Å². The number of nitrogens with zero attached hydrogens (tertiary/aromatic N) is 4. The van der Waals surface area contributed by atoms with Gasteiger partial charge in [0.25, 0.3) is 11.5 Å². The van der Waals surface area contributed by atoms with Gasteiger partial charge in [-0.2, -0.15) is 9.78 Å². The van der Waals surface area contributed by atoms with Crippen LogP contribution in [0, 0.1) is 0 Å². The molecule has 12 heteroatoms. The summed E-state index contributed by atoms with van der Waals surface area (Å²) >= 11 is 6.29. The van der Waals surface area contributed by atoms with E-state index >= 15 is 0 Å². The molecular weight excluding hydrogens is 502 g/mol. The highest BCUT2D eigenvalue weighted by Gasteiger charge is 2.29. The van der Waals surface area contributed by atoms with Crippen LogP contribution in [-0.4, -0.2) is 86.5 Å². The molecule has 1 aliphatic heterocycles. The van der Waals surface area contributed by atoms with Crippen LogP contribution in [0.4, 0.5) is 0 Å². The molecule has 1 saturated heterocycles. The standard InChI is InChI=1S/C25H34ClN5O6/c26-21-6-5-18(13-20(21)23(34)27-17-25(36)7-3-1-2-4-8-25)31-24(35)30(22(33)14-28-31)16-19(32)15-29-9-11-37-12-10-29/h5-6,13-14,19,32,36H,1-4,7-12,15-17H2,(H,27,34). The number of nitrogens with one attached hydrogen (secondary N) is 1. The summed E-state index contributed by atoms with van der Waals surface area (Å²) in [6, 6.07) is 4.41. The molecule has 202 valence electrons. The fraction of sp³-hybridized carbons (Fsp3) is 0.600. The van der Waals surface area contributed by atoms with E-state index in [1.807, 2.05) is 4.90 Å². The summed E-state index contributed by atoms with van der Waals surface area (Å²) in [6.45, 7) is 2.68. The lowest BCUT2D eigenvalue weighted by atomic mass is 9.94. The van der Waals surface area contributed by atoms with Crippen LogP contribution in [0.15, 0.2) is 34.0 Å². The number of carbonyl (C=O) groups excluding carboxylic acids is 1. The molecule has 1 unspecified atom stereocenters. The first-order chi connectivity index (χ1) is 17.8. The molecule has 2 aromatic rings. The van der Waals surface area contributed by atoms with E-state index in [9.17, 15) is 24.6 Å². The molecule has 1 aromatic carbocycles. The van der Waals surface area contributed by atoms with Crippen molar-refractivity contribution in [3.05, 3.63) is 55.8 Å². The van der Waals surface area contributed by atoms with Crippen molar-refractivity contribution in [2.24, 2.45) is 0 Å². The van der Waals surface area contributed by atoms with Gasteiger partial charge in [-0.25, -0.2) is 4.79 Å². The maximum Gasteiger partial charge on any atom is 0.352 e. The molecule has 1 atom stereocenters. The summed E-state index contributed by atoms with van der Waals surface area (Å²) in [4.78, 5) is 40.5. The molecule has 3 N–H and O–H groups in total. The first-order valence-electron chi connectivity index (χ1n) is 12.7. The Morgan fingerprint density at radius 2 is 1.84 bits per heavy atom. The average Bonchev–Trinajstić information content (AvgIpc) is 3.11. The van der Waals surface area contributed by atoms with E-state index < -0.39 is 28.9 Å². The number of aliphatic hydroxyl groups excluding tert-OH is 1. The second kappa shape index (κ2) is 12.3. The lowest BCUT2D eigenvalue weighted by Crippen LogP contribution is -2.46. The molecule has 2 fully saturated rings. The monoisotopic (exact) mass is 535 g/mol. The fourth-order valence-electron chi connectivity index (χ4n) is 4.85. The maximum absolute atomic E-state index is 13.1. The summed E-state index contributed by atoms with van der Waals surface area (Å²) in [5, 5.41) is 28.3. The van der Waals surface area contributed by atoms with Gasteiger partial charge in [-0.05, 0) is 31.0 Å². The van der Waals surface area contributed by atoms with Gasteiger partial charge in [-0.1, -0.05) is 37.3 Å². The van der Waals surface area contributed by atoms with E-state index in [0.717, 1.165) is 41.1 Å². The molecule has 0 spiro atoms. The molecule has 2 heterocycles. The van der Waals surface area contributed by atoms with E-state index in [1.165, 1.54) is 18.2 Å². The predicted molar refractivity (Wildman–Crippen MR) is 137 cm³/mol. The molecule has 37 heavy (non-hydrogen) atoms. The highest BCUT2D eigenvalue weighted by molar-refractivity contribution is 6.33. The Kier molecular flexibility index (Phi) is 9.14. The Balaban J connectivity index is 1.51. The van der Waals surface area contributed by atoms with Gasteiger partial charge in [0.2, 0.25) is 0 Å². The van der Waals surface area contributed by atoms with Crippen LogP contribution in [0.3, 0.4) is 0 Å². The van der Waals surface area contributed by atoms with Crippen LogP contribution in [-0.2, 0) is 11.3 Å². The molecule has 0 bridgehead atoms. The van der Waals surface area contributed by atoms with Crippen LogP contribution in [0.25, 0.3) is 5.69 Å². The van der Waals surface area contributed by atoms with Gasteiger partial charge in [0.1, 0.15) is 6.20 Å². The minimum Gasteiger partial charge on any atom is -0.390 e. The van der Waals surface area contributed by atoms with Gasteiger partial charge in [-0.15, -0.1) is 0 Å². The first-order valence-corrected chi connectivity index (χ1v) is 13.1. The number of aromatic nitrogens is 3. The number of ether oxygens (including phenoxy) is 1.